The molecule has 1 aliphatic heterocycles. The summed E-state index contributed by atoms with van der Waals surface area (Å²) in [6, 6.07) is 4.42. The van der Waals surface area contributed by atoms with E-state index in [1.165, 1.54) is 13.6 Å². The van der Waals surface area contributed by atoms with Crippen molar-refractivity contribution in [1.82, 2.24) is 9.97 Å². The van der Waals surface area contributed by atoms with Crippen molar-refractivity contribution in [2.45, 2.75) is 0 Å². The van der Waals surface area contributed by atoms with Crippen LogP contribution in [0.5, 0.6) is 0 Å². The van der Waals surface area contributed by atoms with Crippen LogP contribution in [0.25, 0.3) is 17.0 Å². The second-order valence-electron chi connectivity index (χ2n) is 3.92. The summed E-state index contributed by atoms with van der Waals surface area (Å²) in [6.45, 7) is 0. The van der Waals surface area contributed by atoms with Gasteiger partial charge in [-0.05, 0) is 0 Å². The van der Waals surface area contributed by atoms with Crippen LogP contribution in [-0.2, 0) is 0 Å². The van der Waals surface area contributed by atoms with Gasteiger partial charge in [0, 0.05) is 0 Å². The molecule has 0 bridgehead atoms. The number of rotatable bonds is 0. The Kier molecular flexibility index (Phi) is 3.50. The van der Waals surface area contributed by atoms with Gasteiger partial charge in [-0.1, -0.05) is 0 Å². The van der Waals surface area contributed by atoms with Crippen LogP contribution in [0.2, 0.25) is 0 Å². The molecule has 0 radical (unpaired) electrons. The molecule has 0 spiro atoms. The summed E-state index contributed by atoms with van der Waals surface area (Å²) in [6.07, 6.45) is 16.3. The quantitative estimate of drug-likeness (QED) is 0.496. The molecule has 2 aromatic rings. The minimum atomic E-state index is 0.0177. The molecule has 0 N–H and O–H groups in total. The van der Waals surface area contributed by atoms with E-state index in [-0.39, 0.29) is 21.2 Å². The third-order valence-electron chi connectivity index (χ3n) is 2.68. The summed E-state index contributed by atoms with van der Waals surface area (Å²) < 4.78 is 2.63. The van der Waals surface area contributed by atoms with Crippen molar-refractivity contribution in [2.24, 2.45) is 0 Å². The number of alkyl halides is 1. The molecule has 0 amide bonds. The van der Waals surface area contributed by atoms with Crippen molar-refractivity contribution in [3.8, 4) is 0 Å². The Labute approximate surface area is 116 Å². The summed E-state index contributed by atoms with van der Waals surface area (Å²) in [5, 5.41) is 1.14. The van der Waals surface area contributed by atoms with Gasteiger partial charge in [0.15, 0.2) is 0 Å². The molecule has 0 fully saturated rings. The van der Waals surface area contributed by atoms with Gasteiger partial charge in [0.2, 0.25) is 0 Å². The average Bonchev–Trinajstić information content (AvgIpc) is 2.42. The molecule has 3 heteroatoms. The number of benzene rings is 1. The van der Waals surface area contributed by atoms with Crippen LogP contribution >= 0.6 is 0 Å². The first-order valence-electron chi connectivity index (χ1n) is 5.76. The second kappa shape index (κ2) is 5.44. The van der Waals surface area contributed by atoms with Gasteiger partial charge >= 0.3 is 117 Å². The first-order chi connectivity index (χ1) is 8.93. The number of allylic oxidation sites excluding steroid dienone is 5. The third-order valence-corrected chi connectivity index (χ3v) is 5.38. The molecule has 1 aliphatic rings. The first-order valence-corrected chi connectivity index (χ1v) is 8.37. The fourth-order valence-corrected chi connectivity index (χ4v) is 4.16. The molecule has 90 valence electrons. The van der Waals surface area contributed by atoms with Gasteiger partial charge in [0.25, 0.3) is 0 Å². The van der Waals surface area contributed by atoms with E-state index in [1.807, 2.05) is 6.20 Å². The van der Waals surface area contributed by atoms with E-state index in [4.69, 9.17) is 0 Å². The second-order valence-corrected chi connectivity index (χ2v) is 6.72. The van der Waals surface area contributed by atoms with Gasteiger partial charge in [0.05, 0.1) is 0 Å². The van der Waals surface area contributed by atoms with E-state index in [1.54, 1.807) is 6.33 Å². The third kappa shape index (κ3) is 2.51. The van der Waals surface area contributed by atoms with Crippen molar-refractivity contribution < 1.29 is 21.2 Å². The summed E-state index contributed by atoms with van der Waals surface area (Å²) in [4.78, 5) is 8.42. The minimum absolute atomic E-state index is 0.0177. The van der Waals surface area contributed by atoms with E-state index in [2.05, 4.69) is 58.6 Å². The van der Waals surface area contributed by atoms with Gasteiger partial charge in [-0.25, -0.2) is 0 Å². The molecule has 1 aromatic carbocycles. The maximum atomic E-state index is 4.32. The van der Waals surface area contributed by atoms with E-state index >= 15 is 0 Å². The average molecular weight is 347 g/mol. The normalized spacial score (nSPS) is 15.1. The van der Waals surface area contributed by atoms with Crippen LogP contribution in [0.1, 0.15) is 5.56 Å². The van der Waals surface area contributed by atoms with Crippen LogP contribution in [-0.4, -0.2) is 14.4 Å². The van der Waals surface area contributed by atoms with E-state index in [0.717, 1.165) is 10.9 Å². The van der Waals surface area contributed by atoms with Crippen molar-refractivity contribution in [1.29, 1.82) is 0 Å². The standard InChI is InChI=1S/C15H12IN2/c1-2-4-6-12-9-15-13(10-17-11-18-15)8-14(12)16-7-5-3-1/h1-6,8-11H,7H2/q-1. The molecule has 0 saturated heterocycles. The number of halogens is 1. The topological polar surface area (TPSA) is 25.8 Å². The SMILES string of the molecule is C1=CC=Cc2cc3ncncc3cc2[I-]CC=C1. The van der Waals surface area contributed by atoms with Crippen molar-refractivity contribution in [2.75, 3.05) is 4.43 Å². The summed E-state index contributed by atoms with van der Waals surface area (Å²) >= 11 is 0.0177. The monoisotopic (exact) mass is 347 g/mol. The molecule has 0 unspecified atom stereocenters. The Morgan fingerprint density at radius 1 is 1.06 bits per heavy atom. The van der Waals surface area contributed by atoms with E-state index < -0.39 is 0 Å². The number of aromatic nitrogens is 2. The van der Waals surface area contributed by atoms with E-state index in [0.29, 0.717) is 0 Å². The number of hydrogen-bond donors (Lipinski definition) is 0. The zero-order valence-electron chi connectivity index (χ0n) is 9.75. The summed E-state index contributed by atoms with van der Waals surface area (Å²) in [7, 11) is 0. The fourth-order valence-electron chi connectivity index (χ4n) is 1.81. The zero-order valence-corrected chi connectivity index (χ0v) is 11.9. The number of nitrogens with zero attached hydrogens (tertiary/aromatic N) is 2. The van der Waals surface area contributed by atoms with Gasteiger partial charge in [-0.15, -0.1) is 0 Å². The zero-order chi connectivity index (χ0) is 12.2. The molecule has 2 nitrogen and oxygen atoms in total. The Bertz CT molecular complexity index is 657. The van der Waals surface area contributed by atoms with Crippen molar-refractivity contribution in [3.63, 3.8) is 0 Å². The van der Waals surface area contributed by atoms with Crippen LogP contribution in [0.4, 0.5) is 0 Å². The van der Waals surface area contributed by atoms with Crippen LogP contribution in [0, 0.1) is 3.57 Å². The molecule has 0 saturated carbocycles. The van der Waals surface area contributed by atoms with E-state index in [9.17, 15) is 0 Å². The summed E-state index contributed by atoms with van der Waals surface area (Å²) in [5.41, 5.74) is 2.32. The Hall–Kier alpha value is -1.49. The molecular weight excluding hydrogens is 335 g/mol. The molecular formula is C15H12IN2-. The number of hydrogen-bond acceptors (Lipinski definition) is 2. The Morgan fingerprint density at radius 3 is 3.00 bits per heavy atom. The van der Waals surface area contributed by atoms with Gasteiger partial charge in [-0.2, -0.15) is 0 Å². The molecule has 18 heavy (non-hydrogen) atoms. The van der Waals surface area contributed by atoms with Crippen LogP contribution in [0.15, 0.2) is 55.0 Å². The van der Waals surface area contributed by atoms with Crippen LogP contribution < -0.4 is 21.2 Å². The van der Waals surface area contributed by atoms with Gasteiger partial charge in [-0.3, -0.25) is 0 Å². The van der Waals surface area contributed by atoms with Crippen molar-refractivity contribution in [3.05, 3.63) is 64.2 Å². The van der Waals surface area contributed by atoms with Crippen LogP contribution in [0.3, 0.4) is 0 Å². The molecule has 1 aromatic heterocycles. The van der Waals surface area contributed by atoms with Crippen molar-refractivity contribution >= 4 is 17.0 Å². The predicted octanol–water partition coefficient (Wildman–Crippen LogP) is 0.0276. The summed E-state index contributed by atoms with van der Waals surface area (Å²) in [5.74, 6) is 0. The molecule has 3 rings (SSSR count). The molecule has 0 atom stereocenters. The number of fused-ring (bicyclic) bond motifs is 2. The predicted molar refractivity (Wildman–Crippen MR) is 70.4 cm³/mol. The van der Waals surface area contributed by atoms with Gasteiger partial charge in [0.1, 0.15) is 0 Å². The molecule has 2 heterocycles. The maximum absolute atomic E-state index is 4.32. The van der Waals surface area contributed by atoms with Gasteiger partial charge < -0.3 is 0 Å². The Balaban J connectivity index is 2.15. The Morgan fingerprint density at radius 2 is 2.00 bits per heavy atom. The molecule has 0 aliphatic carbocycles. The first kappa shape index (κ1) is 11.6. The fraction of sp³-hybridized carbons (Fsp3) is 0.0667.